The van der Waals surface area contributed by atoms with E-state index >= 15 is 0 Å². The van der Waals surface area contributed by atoms with E-state index in [0.717, 1.165) is 34.2 Å². The van der Waals surface area contributed by atoms with Crippen molar-refractivity contribution >= 4 is 23.1 Å². The van der Waals surface area contributed by atoms with Crippen LogP contribution in [-0.2, 0) is 17.7 Å². The van der Waals surface area contributed by atoms with E-state index in [1.54, 1.807) is 13.2 Å². The summed E-state index contributed by atoms with van der Waals surface area (Å²) in [5.74, 6) is 0.781. The minimum atomic E-state index is -0.243. The highest BCUT2D eigenvalue weighted by Crippen LogP contribution is 2.29. The number of carbonyl (C=O) groups is 1. The smallest absolute Gasteiger partial charge is 0.255 e. The molecule has 3 aromatic rings. The van der Waals surface area contributed by atoms with Crippen LogP contribution in [0.3, 0.4) is 0 Å². The lowest BCUT2D eigenvalue weighted by atomic mass is 10.1. The van der Waals surface area contributed by atoms with Crippen molar-refractivity contribution in [1.29, 1.82) is 0 Å². The Bertz CT molecular complexity index is 912. The predicted molar refractivity (Wildman–Crippen MR) is 111 cm³/mol. The molecule has 1 aromatic carbocycles. The van der Waals surface area contributed by atoms with E-state index in [1.807, 2.05) is 48.5 Å². The van der Waals surface area contributed by atoms with E-state index in [9.17, 15) is 4.79 Å². The summed E-state index contributed by atoms with van der Waals surface area (Å²) in [7, 11) is 1.67. The fraction of sp³-hybridized carbons (Fsp3) is 0.238. The van der Waals surface area contributed by atoms with Crippen molar-refractivity contribution < 1.29 is 14.3 Å². The van der Waals surface area contributed by atoms with Gasteiger partial charge in [0, 0.05) is 24.3 Å². The zero-order valence-electron chi connectivity index (χ0n) is 15.7. The lowest BCUT2D eigenvalue weighted by Gasteiger charge is -2.08. The lowest BCUT2D eigenvalue weighted by Crippen LogP contribution is -2.24. The molecule has 0 unspecified atom stereocenters. The monoisotopic (exact) mass is 397 g/mol. The van der Waals surface area contributed by atoms with Gasteiger partial charge in [0.05, 0.1) is 12.1 Å². The zero-order valence-corrected chi connectivity index (χ0v) is 16.5. The Labute approximate surface area is 168 Å². The van der Waals surface area contributed by atoms with Crippen LogP contribution >= 0.6 is 11.3 Å². The number of rotatable bonds is 9. The molecular formula is C21H23N3O3S. The first-order chi connectivity index (χ1) is 13.7. The SMILES string of the molecule is COCCCc1ccc(C(=O)NCc2ccc(Oc3ccccc3)s2)c(N)n1. The quantitative estimate of drug-likeness (QED) is 0.533. The van der Waals surface area contributed by atoms with Crippen molar-refractivity contribution in [1.82, 2.24) is 10.3 Å². The number of aromatic nitrogens is 1. The minimum Gasteiger partial charge on any atom is -0.447 e. The molecule has 28 heavy (non-hydrogen) atoms. The molecule has 2 heterocycles. The molecule has 0 saturated heterocycles. The van der Waals surface area contributed by atoms with Gasteiger partial charge in [-0.2, -0.15) is 0 Å². The van der Waals surface area contributed by atoms with Gasteiger partial charge >= 0.3 is 0 Å². The number of hydrogen-bond acceptors (Lipinski definition) is 6. The first-order valence-electron chi connectivity index (χ1n) is 9.00. The molecule has 146 valence electrons. The fourth-order valence-corrected chi connectivity index (χ4v) is 3.43. The van der Waals surface area contributed by atoms with Crippen molar-refractivity contribution in [2.45, 2.75) is 19.4 Å². The van der Waals surface area contributed by atoms with Gasteiger partial charge < -0.3 is 20.5 Å². The standard InChI is InChI=1S/C21H23N3O3S/c1-26-13-5-6-15-9-11-18(20(22)24-15)21(25)23-14-17-10-12-19(28-17)27-16-7-3-2-4-8-16/h2-4,7-12H,5-6,13-14H2,1H3,(H2,22,24)(H,23,25). The third-order valence-corrected chi connectivity index (χ3v) is 4.99. The number of methoxy groups -OCH3 is 1. The second kappa shape index (κ2) is 9.87. The minimum absolute atomic E-state index is 0.242. The summed E-state index contributed by atoms with van der Waals surface area (Å²) < 4.78 is 10.8. The molecule has 0 fully saturated rings. The summed E-state index contributed by atoms with van der Waals surface area (Å²) in [5.41, 5.74) is 7.20. The Hall–Kier alpha value is -2.90. The lowest BCUT2D eigenvalue weighted by molar-refractivity contribution is 0.0952. The highest BCUT2D eigenvalue weighted by molar-refractivity contribution is 7.13. The number of nitrogens with two attached hydrogens (primary N) is 1. The summed E-state index contributed by atoms with van der Waals surface area (Å²) in [6, 6.07) is 17.0. The molecule has 0 spiro atoms. The maximum atomic E-state index is 12.4. The number of para-hydroxylation sites is 1. The number of carbonyl (C=O) groups excluding carboxylic acids is 1. The first-order valence-corrected chi connectivity index (χ1v) is 9.81. The molecular weight excluding hydrogens is 374 g/mol. The molecule has 0 aliphatic heterocycles. The van der Waals surface area contributed by atoms with Crippen LogP contribution in [0.2, 0.25) is 0 Å². The number of pyridine rings is 1. The number of aryl methyl sites for hydroxylation is 1. The Morgan fingerprint density at radius 3 is 2.71 bits per heavy atom. The van der Waals surface area contributed by atoms with E-state index < -0.39 is 0 Å². The first kappa shape index (κ1) is 19.9. The number of anilines is 1. The van der Waals surface area contributed by atoms with Crippen LogP contribution in [0.25, 0.3) is 0 Å². The van der Waals surface area contributed by atoms with Crippen molar-refractivity contribution in [2.75, 3.05) is 19.5 Å². The number of nitrogens with one attached hydrogen (secondary N) is 1. The number of nitrogen functional groups attached to an aromatic ring is 1. The fourth-order valence-electron chi connectivity index (χ4n) is 2.62. The van der Waals surface area contributed by atoms with Gasteiger partial charge in [0.1, 0.15) is 11.6 Å². The normalized spacial score (nSPS) is 10.6. The van der Waals surface area contributed by atoms with E-state index in [-0.39, 0.29) is 11.7 Å². The molecule has 0 aliphatic carbocycles. The Kier molecular flexibility index (Phi) is 7.00. The van der Waals surface area contributed by atoms with Crippen LogP contribution in [0, 0.1) is 0 Å². The summed E-state index contributed by atoms with van der Waals surface area (Å²) in [5, 5.41) is 3.66. The second-order valence-corrected chi connectivity index (χ2v) is 7.28. The molecule has 0 radical (unpaired) electrons. The van der Waals surface area contributed by atoms with Gasteiger partial charge in [-0.05, 0) is 49.2 Å². The molecule has 0 saturated carbocycles. The summed E-state index contributed by atoms with van der Waals surface area (Å²) in [4.78, 5) is 17.7. The molecule has 0 bridgehead atoms. The van der Waals surface area contributed by atoms with Crippen LogP contribution < -0.4 is 15.8 Å². The third-order valence-electron chi connectivity index (χ3n) is 4.03. The van der Waals surface area contributed by atoms with Crippen molar-refractivity contribution in [3.05, 3.63) is 70.7 Å². The van der Waals surface area contributed by atoms with Crippen LogP contribution in [0.1, 0.15) is 27.3 Å². The van der Waals surface area contributed by atoms with Crippen molar-refractivity contribution in [3.63, 3.8) is 0 Å². The number of amides is 1. The number of thiophene rings is 1. The number of benzene rings is 1. The van der Waals surface area contributed by atoms with Crippen molar-refractivity contribution in [2.24, 2.45) is 0 Å². The summed E-state index contributed by atoms with van der Waals surface area (Å²) in [6.45, 7) is 1.07. The van der Waals surface area contributed by atoms with Crippen molar-refractivity contribution in [3.8, 4) is 10.8 Å². The van der Waals surface area contributed by atoms with Gasteiger partial charge in [-0.25, -0.2) is 4.98 Å². The predicted octanol–water partition coefficient (Wildman–Crippen LogP) is 4.03. The van der Waals surface area contributed by atoms with Gasteiger partial charge in [0.25, 0.3) is 5.91 Å². The van der Waals surface area contributed by atoms with Gasteiger partial charge in [-0.1, -0.05) is 18.2 Å². The molecule has 6 nitrogen and oxygen atoms in total. The molecule has 0 atom stereocenters. The van der Waals surface area contributed by atoms with E-state index in [2.05, 4.69) is 10.3 Å². The molecule has 0 aliphatic rings. The average Bonchev–Trinajstić information content (AvgIpc) is 3.14. The number of nitrogens with zero attached hydrogens (tertiary/aromatic N) is 1. The molecule has 3 N–H and O–H groups in total. The number of hydrogen-bond donors (Lipinski definition) is 2. The van der Waals surface area contributed by atoms with Crippen LogP contribution in [0.5, 0.6) is 10.8 Å². The Balaban J connectivity index is 1.54. The number of ether oxygens (including phenoxy) is 2. The van der Waals surface area contributed by atoms with Crippen LogP contribution in [-0.4, -0.2) is 24.6 Å². The highest BCUT2D eigenvalue weighted by atomic mass is 32.1. The largest absolute Gasteiger partial charge is 0.447 e. The average molecular weight is 398 g/mol. The van der Waals surface area contributed by atoms with Gasteiger partial charge in [-0.15, -0.1) is 11.3 Å². The zero-order chi connectivity index (χ0) is 19.8. The maximum Gasteiger partial charge on any atom is 0.255 e. The van der Waals surface area contributed by atoms with Gasteiger partial charge in [0.2, 0.25) is 0 Å². The molecule has 3 rings (SSSR count). The summed E-state index contributed by atoms with van der Waals surface area (Å²) >= 11 is 1.49. The van der Waals surface area contributed by atoms with E-state index in [4.69, 9.17) is 15.2 Å². The van der Waals surface area contributed by atoms with E-state index in [0.29, 0.717) is 18.7 Å². The maximum absolute atomic E-state index is 12.4. The molecule has 1 amide bonds. The Morgan fingerprint density at radius 2 is 1.96 bits per heavy atom. The summed E-state index contributed by atoms with van der Waals surface area (Å²) in [6.07, 6.45) is 1.62. The van der Waals surface area contributed by atoms with Crippen LogP contribution in [0.15, 0.2) is 54.6 Å². The highest BCUT2D eigenvalue weighted by Gasteiger charge is 2.12. The second-order valence-electron chi connectivity index (χ2n) is 6.15. The molecule has 7 heteroatoms. The topological polar surface area (TPSA) is 86.5 Å². The third kappa shape index (κ3) is 5.55. The Morgan fingerprint density at radius 1 is 1.14 bits per heavy atom. The van der Waals surface area contributed by atoms with Crippen LogP contribution in [0.4, 0.5) is 5.82 Å². The molecule has 2 aromatic heterocycles. The van der Waals surface area contributed by atoms with E-state index in [1.165, 1.54) is 11.3 Å². The van der Waals surface area contributed by atoms with Gasteiger partial charge in [-0.3, -0.25) is 4.79 Å². The van der Waals surface area contributed by atoms with Gasteiger partial charge in [0.15, 0.2) is 5.06 Å².